The second-order valence-electron chi connectivity index (χ2n) is 5.70. The summed E-state index contributed by atoms with van der Waals surface area (Å²) in [6.07, 6.45) is -0.964. The first-order valence-electron chi connectivity index (χ1n) is 7.51. The maximum atomic E-state index is 13.3. The van der Waals surface area contributed by atoms with Gasteiger partial charge in [0.15, 0.2) is 11.6 Å². The standard InChI is InChI=1S/C18H21F2NO2/c1-11(14-5-3-4-13(8-14)10-22)21-12(2)18(23)15-6-7-16(19)17(20)9-15/h3-9,11-12,18,21-23H,10H2,1-2H3. The molecular formula is C18H21F2NO2. The van der Waals surface area contributed by atoms with E-state index >= 15 is 0 Å². The fraction of sp³-hybridized carbons (Fsp3) is 0.333. The fourth-order valence-corrected chi connectivity index (χ4v) is 2.53. The van der Waals surface area contributed by atoms with E-state index < -0.39 is 17.7 Å². The molecule has 0 saturated carbocycles. The summed E-state index contributed by atoms with van der Waals surface area (Å²) in [4.78, 5) is 0. The van der Waals surface area contributed by atoms with E-state index in [4.69, 9.17) is 0 Å². The minimum atomic E-state index is -0.975. The van der Waals surface area contributed by atoms with Crippen LogP contribution >= 0.6 is 0 Å². The van der Waals surface area contributed by atoms with Crippen LogP contribution in [0.1, 0.15) is 42.7 Å². The predicted molar refractivity (Wildman–Crippen MR) is 84.7 cm³/mol. The Balaban J connectivity index is 2.07. The summed E-state index contributed by atoms with van der Waals surface area (Å²) >= 11 is 0. The second-order valence-corrected chi connectivity index (χ2v) is 5.70. The number of rotatable bonds is 6. The number of nitrogens with one attached hydrogen (secondary N) is 1. The zero-order chi connectivity index (χ0) is 17.0. The van der Waals surface area contributed by atoms with Crippen molar-refractivity contribution in [2.45, 2.75) is 38.6 Å². The van der Waals surface area contributed by atoms with Gasteiger partial charge in [-0.2, -0.15) is 0 Å². The van der Waals surface area contributed by atoms with Crippen LogP contribution in [0.2, 0.25) is 0 Å². The lowest BCUT2D eigenvalue weighted by molar-refractivity contribution is 0.130. The van der Waals surface area contributed by atoms with Crippen molar-refractivity contribution in [2.75, 3.05) is 0 Å². The molecule has 0 fully saturated rings. The highest BCUT2D eigenvalue weighted by Gasteiger charge is 2.20. The van der Waals surface area contributed by atoms with Crippen LogP contribution in [0.15, 0.2) is 42.5 Å². The first-order valence-corrected chi connectivity index (χ1v) is 7.51. The zero-order valence-corrected chi connectivity index (χ0v) is 13.1. The molecule has 0 spiro atoms. The van der Waals surface area contributed by atoms with Gasteiger partial charge in [-0.3, -0.25) is 0 Å². The lowest BCUT2D eigenvalue weighted by Gasteiger charge is -2.25. The Bertz CT molecular complexity index is 663. The van der Waals surface area contributed by atoms with Crippen LogP contribution in [0.3, 0.4) is 0 Å². The maximum Gasteiger partial charge on any atom is 0.159 e. The average Bonchev–Trinajstić information content (AvgIpc) is 2.56. The summed E-state index contributed by atoms with van der Waals surface area (Å²) in [6.45, 7) is 3.68. The quantitative estimate of drug-likeness (QED) is 0.766. The molecule has 0 amide bonds. The number of halogens is 2. The van der Waals surface area contributed by atoms with Crippen LogP contribution < -0.4 is 5.32 Å². The summed E-state index contributed by atoms with van der Waals surface area (Å²) in [5.74, 6) is -1.91. The molecule has 0 saturated heterocycles. The summed E-state index contributed by atoms with van der Waals surface area (Å²) in [6, 6.07) is 10.4. The Morgan fingerprint density at radius 2 is 1.74 bits per heavy atom. The van der Waals surface area contributed by atoms with Gasteiger partial charge in [-0.15, -0.1) is 0 Å². The number of hydrogen-bond acceptors (Lipinski definition) is 3. The van der Waals surface area contributed by atoms with Crippen molar-refractivity contribution in [2.24, 2.45) is 0 Å². The molecule has 23 heavy (non-hydrogen) atoms. The lowest BCUT2D eigenvalue weighted by Crippen LogP contribution is -2.34. The number of aliphatic hydroxyl groups excluding tert-OH is 2. The van der Waals surface area contributed by atoms with E-state index in [1.54, 1.807) is 6.92 Å². The van der Waals surface area contributed by atoms with Crippen LogP contribution in [-0.4, -0.2) is 16.3 Å². The first kappa shape index (κ1) is 17.5. The normalized spacial score (nSPS) is 15.2. The summed E-state index contributed by atoms with van der Waals surface area (Å²) in [5, 5.41) is 22.7. The Kier molecular flexibility index (Phi) is 5.82. The van der Waals surface area contributed by atoms with Crippen molar-refractivity contribution in [1.29, 1.82) is 0 Å². The Morgan fingerprint density at radius 1 is 1.00 bits per heavy atom. The Morgan fingerprint density at radius 3 is 2.39 bits per heavy atom. The van der Waals surface area contributed by atoms with Crippen molar-refractivity contribution >= 4 is 0 Å². The van der Waals surface area contributed by atoms with E-state index in [9.17, 15) is 19.0 Å². The molecule has 0 aromatic heterocycles. The van der Waals surface area contributed by atoms with Crippen molar-refractivity contribution in [3.05, 3.63) is 70.8 Å². The highest BCUT2D eigenvalue weighted by atomic mass is 19.2. The molecule has 3 N–H and O–H groups in total. The van der Waals surface area contributed by atoms with Crippen molar-refractivity contribution < 1.29 is 19.0 Å². The van der Waals surface area contributed by atoms with Crippen molar-refractivity contribution in [1.82, 2.24) is 5.32 Å². The van der Waals surface area contributed by atoms with Gasteiger partial charge in [-0.1, -0.05) is 30.3 Å². The third-order valence-electron chi connectivity index (χ3n) is 3.91. The third kappa shape index (κ3) is 4.34. The average molecular weight is 321 g/mol. The van der Waals surface area contributed by atoms with E-state index in [0.717, 1.165) is 23.3 Å². The van der Waals surface area contributed by atoms with Crippen LogP contribution in [-0.2, 0) is 6.61 Å². The molecule has 0 aliphatic heterocycles. The van der Waals surface area contributed by atoms with Gasteiger partial charge in [0.1, 0.15) is 0 Å². The smallest absolute Gasteiger partial charge is 0.159 e. The molecule has 0 aliphatic rings. The highest BCUT2D eigenvalue weighted by Crippen LogP contribution is 2.22. The lowest BCUT2D eigenvalue weighted by atomic mass is 10.0. The van der Waals surface area contributed by atoms with Gasteiger partial charge in [-0.25, -0.2) is 8.78 Å². The first-order chi connectivity index (χ1) is 10.9. The minimum Gasteiger partial charge on any atom is -0.392 e. The molecule has 2 aromatic carbocycles. The molecule has 3 unspecified atom stereocenters. The highest BCUT2D eigenvalue weighted by molar-refractivity contribution is 5.26. The third-order valence-corrected chi connectivity index (χ3v) is 3.91. The van der Waals surface area contributed by atoms with E-state index in [0.29, 0.717) is 5.56 Å². The van der Waals surface area contributed by atoms with E-state index in [1.807, 2.05) is 31.2 Å². The van der Waals surface area contributed by atoms with Crippen LogP contribution in [0.25, 0.3) is 0 Å². The molecule has 5 heteroatoms. The summed E-state index contributed by atoms with van der Waals surface area (Å²) < 4.78 is 26.3. The molecule has 2 aromatic rings. The molecule has 0 heterocycles. The van der Waals surface area contributed by atoms with Crippen molar-refractivity contribution in [3.8, 4) is 0 Å². The second kappa shape index (κ2) is 7.64. The number of hydrogen-bond donors (Lipinski definition) is 3. The van der Waals surface area contributed by atoms with Gasteiger partial charge < -0.3 is 15.5 Å². The Labute approximate surface area is 134 Å². The predicted octanol–water partition coefficient (Wildman–Crippen LogP) is 3.23. The van der Waals surface area contributed by atoms with E-state index in [2.05, 4.69) is 5.32 Å². The van der Waals surface area contributed by atoms with Crippen molar-refractivity contribution in [3.63, 3.8) is 0 Å². The Hall–Kier alpha value is -1.82. The van der Waals surface area contributed by atoms with Gasteiger partial charge >= 0.3 is 0 Å². The largest absolute Gasteiger partial charge is 0.392 e. The molecule has 124 valence electrons. The SMILES string of the molecule is CC(NC(C)C(O)c1ccc(F)c(F)c1)c1cccc(CO)c1. The van der Waals surface area contributed by atoms with Gasteiger partial charge in [0, 0.05) is 12.1 Å². The summed E-state index contributed by atoms with van der Waals surface area (Å²) in [7, 11) is 0. The van der Waals surface area contributed by atoms with Gasteiger partial charge in [0.05, 0.1) is 12.7 Å². The van der Waals surface area contributed by atoms with Gasteiger partial charge in [-0.05, 0) is 42.7 Å². The van der Waals surface area contributed by atoms with Crippen LogP contribution in [0, 0.1) is 11.6 Å². The molecule has 2 rings (SSSR count). The minimum absolute atomic E-state index is 0.0341. The molecule has 0 bridgehead atoms. The van der Waals surface area contributed by atoms with Gasteiger partial charge in [0.2, 0.25) is 0 Å². The zero-order valence-electron chi connectivity index (χ0n) is 13.1. The van der Waals surface area contributed by atoms with Gasteiger partial charge in [0.25, 0.3) is 0 Å². The number of benzene rings is 2. The number of aliphatic hydroxyl groups is 2. The molecular weight excluding hydrogens is 300 g/mol. The molecule has 0 radical (unpaired) electrons. The van der Waals surface area contributed by atoms with Crippen LogP contribution in [0.4, 0.5) is 8.78 Å². The molecule has 3 nitrogen and oxygen atoms in total. The maximum absolute atomic E-state index is 13.3. The van der Waals surface area contributed by atoms with Crippen LogP contribution in [0.5, 0.6) is 0 Å². The van der Waals surface area contributed by atoms with E-state index in [1.165, 1.54) is 6.07 Å². The molecule has 3 atom stereocenters. The monoisotopic (exact) mass is 321 g/mol. The van der Waals surface area contributed by atoms with E-state index in [-0.39, 0.29) is 18.7 Å². The summed E-state index contributed by atoms with van der Waals surface area (Å²) in [5.41, 5.74) is 2.10. The molecule has 0 aliphatic carbocycles. The fourth-order valence-electron chi connectivity index (χ4n) is 2.53. The topological polar surface area (TPSA) is 52.5 Å².